The van der Waals surface area contributed by atoms with Gasteiger partial charge in [-0.2, -0.15) is 0 Å². The lowest BCUT2D eigenvalue weighted by Crippen LogP contribution is -2.60. The van der Waals surface area contributed by atoms with Crippen molar-refractivity contribution in [1.82, 2.24) is 0 Å². The molecule has 13 unspecified atom stereocenters. The Labute approximate surface area is 295 Å². The number of aliphatic hydroxyl groups is 7. The molecule has 0 bridgehead atoms. The first kappa shape index (κ1) is 45.0. The Hall–Kier alpha value is -2.11. The number of unbranched alkanes of at least 4 members (excludes halogenated alkanes) is 4. The van der Waals surface area contributed by atoms with Crippen molar-refractivity contribution >= 4 is 17.9 Å². The van der Waals surface area contributed by atoms with Gasteiger partial charge in [-0.15, -0.1) is 0 Å². The van der Waals surface area contributed by atoms with E-state index in [9.17, 15) is 50.1 Å². The maximum Gasteiger partial charge on any atom is 0.317 e. The molecule has 0 amide bonds. The number of ether oxygens (including phenoxy) is 6. The second-order valence-corrected chi connectivity index (χ2v) is 13.0. The molecule has 0 aliphatic carbocycles. The van der Waals surface area contributed by atoms with Crippen molar-refractivity contribution in [2.24, 2.45) is 11.8 Å². The average Bonchev–Trinajstić information content (AvgIpc) is 3.08. The van der Waals surface area contributed by atoms with Crippen LogP contribution in [0.5, 0.6) is 0 Å². The van der Waals surface area contributed by atoms with Crippen LogP contribution in [-0.2, 0) is 42.8 Å². The topological polar surface area (TPSA) is 309 Å². The fraction of sp³-hybridized carbons (Fsp3) is 0.906. The molecular formula is C32H56O19. The summed E-state index contributed by atoms with van der Waals surface area (Å²) in [6, 6.07) is 0. The van der Waals surface area contributed by atoms with E-state index in [4.69, 9.17) is 43.7 Å². The minimum atomic E-state index is -1.71. The van der Waals surface area contributed by atoms with Crippen LogP contribution in [0.2, 0.25) is 0 Å². The number of hydrogen-bond acceptors (Lipinski definition) is 16. The van der Waals surface area contributed by atoms with Gasteiger partial charge in [0.2, 0.25) is 0 Å². The minimum Gasteiger partial charge on any atom is -0.481 e. The van der Waals surface area contributed by atoms with Crippen LogP contribution in [0.25, 0.3) is 0 Å². The molecule has 13 atom stereocenters. The van der Waals surface area contributed by atoms with Gasteiger partial charge in [0.05, 0.1) is 37.9 Å². The first-order valence-electron chi connectivity index (χ1n) is 17.3. The van der Waals surface area contributed by atoms with Crippen LogP contribution in [0.3, 0.4) is 0 Å². The number of rotatable bonds is 25. The number of aliphatic carboxylic acids is 3. The van der Waals surface area contributed by atoms with Gasteiger partial charge in [-0.3, -0.25) is 14.4 Å². The molecule has 2 rings (SSSR count). The predicted octanol–water partition coefficient (Wildman–Crippen LogP) is -1.96. The molecule has 0 aromatic rings. The summed E-state index contributed by atoms with van der Waals surface area (Å²) in [7, 11) is 0. The number of aliphatic hydroxyl groups excluding tert-OH is 7. The van der Waals surface area contributed by atoms with Crippen LogP contribution in [0.4, 0.5) is 0 Å². The molecule has 2 aliphatic rings. The van der Waals surface area contributed by atoms with Gasteiger partial charge in [0.15, 0.2) is 18.5 Å². The third kappa shape index (κ3) is 14.3. The summed E-state index contributed by atoms with van der Waals surface area (Å²) >= 11 is 0. The monoisotopic (exact) mass is 744 g/mol. The van der Waals surface area contributed by atoms with Crippen molar-refractivity contribution < 1.29 is 93.9 Å². The van der Waals surface area contributed by atoms with Crippen LogP contribution in [0.15, 0.2) is 0 Å². The highest BCUT2D eigenvalue weighted by atomic mass is 16.7. The summed E-state index contributed by atoms with van der Waals surface area (Å²) in [5.41, 5.74) is 0. The predicted molar refractivity (Wildman–Crippen MR) is 170 cm³/mol. The third-order valence-corrected chi connectivity index (χ3v) is 9.00. The van der Waals surface area contributed by atoms with E-state index < -0.39 is 110 Å². The highest BCUT2D eigenvalue weighted by Gasteiger charge is 2.47. The van der Waals surface area contributed by atoms with E-state index in [2.05, 4.69) is 0 Å². The van der Waals surface area contributed by atoms with Gasteiger partial charge < -0.3 is 79.5 Å². The van der Waals surface area contributed by atoms with Crippen LogP contribution in [0, 0.1) is 11.8 Å². The molecule has 51 heavy (non-hydrogen) atoms. The standard InChI is InChI=1S/C32H56O19/c1-16-22(34)24(36)26(38)31(48-16)50-20(14-46-11-7-3-5-9-18(13-33)28(40)41)21(51-32-27(39)25(37)23(35)17(2)49-32)15-47-12-8-4-6-10-19(29(42)43)30(44)45/h16-27,31-39H,3-15H2,1-2H3,(H,40,41)(H,42,43)(H,44,45). The highest BCUT2D eigenvalue weighted by Crippen LogP contribution is 2.27. The summed E-state index contributed by atoms with van der Waals surface area (Å²) in [6.45, 7) is 2.20. The van der Waals surface area contributed by atoms with Crippen LogP contribution >= 0.6 is 0 Å². The third-order valence-electron chi connectivity index (χ3n) is 9.00. The molecule has 2 fully saturated rings. The first-order valence-corrected chi connectivity index (χ1v) is 17.3. The van der Waals surface area contributed by atoms with E-state index >= 15 is 0 Å². The van der Waals surface area contributed by atoms with Crippen LogP contribution < -0.4 is 0 Å². The van der Waals surface area contributed by atoms with Crippen molar-refractivity contribution in [1.29, 1.82) is 0 Å². The van der Waals surface area contributed by atoms with Crippen molar-refractivity contribution in [2.75, 3.05) is 33.0 Å². The summed E-state index contributed by atoms with van der Waals surface area (Å²) < 4.78 is 35.0. The summed E-state index contributed by atoms with van der Waals surface area (Å²) in [4.78, 5) is 33.4. The van der Waals surface area contributed by atoms with Gasteiger partial charge in [-0.05, 0) is 39.5 Å². The van der Waals surface area contributed by atoms with Crippen LogP contribution in [0.1, 0.15) is 65.2 Å². The van der Waals surface area contributed by atoms with Gasteiger partial charge >= 0.3 is 17.9 Å². The molecule has 2 heterocycles. The van der Waals surface area contributed by atoms with Gasteiger partial charge in [0.1, 0.15) is 48.8 Å². The van der Waals surface area contributed by atoms with Gasteiger partial charge in [-0.1, -0.05) is 25.7 Å². The fourth-order valence-corrected chi connectivity index (χ4v) is 5.61. The van der Waals surface area contributed by atoms with Gasteiger partial charge in [0.25, 0.3) is 0 Å². The molecule has 19 heteroatoms. The second kappa shape index (κ2) is 22.8. The van der Waals surface area contributed by atoms with Crippen molar-refractivity contribution in [2.45, 2.75) is 139 Å². The Morgan fingerprint density at radius 2 is 0.980 bits per heavy atom. The lowest BCUT2D eigenvalue weighted by atomic mass is 9.99. The summed E-state index contributed by atoms with van der Waals surface area (Å²) in [6.07, 6.45) is -13.9. The molecule has 298 valence electrons. The molecule has 10 N–H and O–H groups in total. The lowest BCUT2D eigenvalue weighted by molar-refractivity contribution is -0.340. The Balaban J connectivity index is 2.15. The zero-order valence-corrected chi connectivity index (χ0v) is 28.9. The van der Waals surface area contributed by atoms with E-state index in [1.54, 1.807) is 0 Å². The second-order valence-electron chi connectivity index (χ2n) is 13.0. The first-order chi connectivity index (χ1) is 24.1. The Bertz CT molecular complexity index is 1020. The Kier molecular flexibility index (Phi) is 20.2. The summed E-state index contributed by atoms with van der Waals surface area (Å²) in [5, 5.41) is 98.8. The SMILES string of the molecule is CC1OC(OC(COCCCCCC(CO)C(=O)O)C(COCCCCCC(C(=O)O)C(=O)O)OC2OC(C)C(O)C(O)C2O)C(O)C(O)C1O. The smallest absolute Gasteiger partial charge is 0.317 e. The van der Waals surface area contributed by atoms with Gasteiger partial charge in [-0.25, -0.2) is 0 Å². The quantitative estimate of drug-likeness (QED) is 0.0358. The minimum absolute atomic E-state index is 0.0722. The largest absolute Gasteiger partial charge is 0.481 e. The molecule has 0 spiro atoms. The van der Waals surface area contributed by atoms with Gasteiger partial charge in [0, 0.05) is 13.2 Å². The zero-order valence-electron chi connectivity index (χ0n) is 28.9. The van der Waals surface area contributed by atoms with E-state index in [-0.39, 0.29) is 39.3 Å². The molecular weight excluding hydrogens is 688 g/mol. The van der Waals surface area contributed by atoms with Crippen molar-refractivity contribution in [3.05, 3.63) is 0 Å². The highest BCUT2D eigenvalue weighted by molar-refractivity contribution is 5.92. The molecule has 2 saturated heterocycles. The fourth-order valence-electron chi connectivity index (χ4n) is 5.61. The summed E-state index contributed by atoms with van der Waals surface area (Å²) in [5.74, 6) is -6.34. The molecule has 0 saturated carbocycles. The molecule has 2 aliphatic heterocycles. The number of carbonyl (C=O) groups is 3. The van der Waals surface area contributed by atoms with E-state index in [1.165, 1.54) is 13.8 Å². The Morgan fingerprint density at radius 3 is 1.35 bits per heavy atom. The lowest BCUT2D eigenvalue weighted by Gasteiger charge is -2.43. The molecule has 0 radical (unpaired) electrons. The van der Waals surface area contributed by atoms with E-state index in [0.29, 0.717) is 38.5 Å². The van der Waals surface area contributed by atoms with Crippen LogP contribution in [-0.4, -0.2) is 176 Å². The molecule has 0 aromatic carbocycles. The number of carboxylic acids is 3. The Morgan fingerprint density at radius 1 is 0.569 bits per heavy atom. The van der Waals surface area contributed by atoms with E-state index in [0.717, 1.165) is 0 Å². The maximum atomic E-state index is 11.1. The number of hydrogen-bond donors (Lipinski definition) is 10. The van der Waals surface area contributed by atoms with Crippen molar-refractivity contribution in [3.8, 4) is 0 Å². The average molecular weight is 745 g/mol. The molecule has 0 aromatic heterocycles. The normalized spacial score (nSPS) is 31.6. The molecule has 19 nitrogen and oxygen atoms in total. The zero-order chi connectivity index (χ0) is 38.2. The van der Waals surface area contributed by atoms with Crippen molar-refractivity contribution in [3.63, 3.8) is 0 Å². The van der Waals surface area contributed by atoms with E-state index in [1.807, 2.05) is 0 Å². The number of carboxylic acid groups (broad SMARTS) is 3. The maximum absolute atomic E-state index is 11.1.